The minimum Gasteiger partial charge on any atom is -0.384 e. The molecule has 0 spiro atoms. The predicted octanol–water partition coefficient (Wildman–Crippen LogP) is 0.872. The number of carbonyl (C=O) groups is 2. The number of fused-ring (bicyclic) bond motifs is 2. The van der Waals surface area contributed by atoms with Gasteiger partial charge in [0.05, 0.1) is 16.8 Å². The molecule has 4 rings (SSSR count). The van der Waals surface area contributed by atoms with Crippen molar-refractivity contribution < 1.29 is 32.6 Å². The molecule has 10 heteroatoms. The lowest BCUT2D eigenvalue weighted by Crippen LogP contribution is -2.39. The Kier molecular flexibility index (Phi) is 3.72. The predicted molar refractivity (Wildman–Crippen MR) is 84.8 cm³/mol. The third-order valence-corrected chi connectivity index (χ3v) is 4.46. The number of aromatic nitrogens is 1. The van der Waals surface area contributed by atoms with Gasteiger partial charge in [-0.25, -0.2) is 0 Å². The highest BCUT2D eigenvalue weighted by atomic mass is 19.4. The van der Waals surface area contributed by atoms with Gasteiger partial charge >= 0.3 is 6.18 Å². The quantitative estimate of drug-likeness (QED) is 0.670. The molecule has 27 heavy (non-hydrogen) atoms. The number of ether oxygens (including phenoxy) is 1. The number of para-hydroxylation sites is 1. The number of benzene rings is 1. The molecule has 1 saturated heterocycles. The molecule has 1 aromatic carbocycles. The largest absolute Gasteiger partial charge is 0.418 e. The van der Waals surface area contributed by atoms with Gasteiger partial charge in [-0.05, 0) is 12.1 Å². The number of aliphatic hydroxyl groups is 1. The van der Waals surface area contributed by atoms with Crippen molar-refractivity contribution in [3.05, 3.63) is 57.5 Å². The van der Waals surface area contributed by atoms with Gasteiger partial charge in [0.1, 0.15) is 23.9 Å². The maximum atomic E-state index is 13.1. The van der Waals surface area contributed by atoms with E-state index in [9.17, 15) is 32.7 Å². The first-order valence-electron chi connectivity index (χ1n) is 7.80. The van der Waals surface area contributed by atoms with Crippen LogP contribution in [0.1, 0.15) is 15.9 Å². The Labute approximate surface area is 148 Å². The second-order valence-corrected chi connectivity index (χ2v) is 6.18. The average molecular weight is 380 g/mol. The van der Waals surface area contributed by atoms with Crippen molar-refractivity contribution in [2.45, 2.75) is 24.5 Å². The number of carbonyl (C=O) groups excluding carboxylic acids is 2. The summed E-state index contributed by atoms with van der Waals surface area (Å²) in [6.07, 6.45) is -5.53. The molecular weight excluding hydrogens is 369 g/mol. The Morgan fingerprint density at radius 1 is 1.26 bits per heavy atom. The Balaban J connectivity index is 1.70. The number of H-pyrrole nitrogens is 1. The molecule has 3 atom stereocenters. The minimum absolute atomic E-state index is 0.132. The van der Waals surface area contributed by atoms with Gasteiger partial charge in [0.25, 0.3) is 5.91 Å². The number of nitrogens with one attached hydrogen (secondary N) is 2. The van der Waals surface area contributed by atoms with Crippen LogP contribution in [0.4, 0.5) is 13.2 Å². The lowest BCUT2D eigenvalue weighted by Gasteiger charge is -2.17. The van der Waals surface area contributed by atoms with E-state index in [0.29, 0.717) is 0 Å². The maximum absolute atomic E-state index is 13.1. The minimum atomic E-state index is -4.68. The van der Waals surface area contributed by atoms with Crippen molar-refractivity contribution in [1.82, 2.24) is 10.3 Å². The van der Waals surface area contributed by atoms with Crippen LogP contribution < -0.4 is 10.7 Å². The molecule has 1 fully saturated rings. The third-order valence-electron chi connectivity index (χ3n) is 4.46. The number of rotatable bonds is 2. The van der Waals surface area contributed by atoms with Gasteiger partial charge in [0.2, 0.25) is 5.43 Å². The number of aliphatic hydroxyl groups excluding tert-OH is 1. The van der Waals surface area contributed by atoms with Gasteiger partial charge in [0, 0.05) is 17.7 Å². The first kappa shape index (κ1) is 17.4. The average Bonchev–Trinajstić information content (AvgIpc) is 3.40. The smallest absolute Gasteiger partial charge is 0.384 e. The van der Waals surface area contributed by atoms with Gasteiger partial charge in [-0.15, -0.1) is 0 Å². The van der Waals surface area contributed by atoms with Crippen LogP contribution in [0, 0.1) is 0 Å². The number of alkyl halides is 3. The number of hydrogen-bond donors (Lipinski definition) is 3. The SMILES string of the molecule is O=C(NC1=CC(=O)C2OC2C1O)c1c[nH]c2c(C(F)(F)F)cccc2c1=O. The fourth-order valence-electron chi connectivity index (χ4n) is 3.06. The standard InChI is InChI=1S/C17H11F3N2O5/c18-17(19,20)8-3-1-2-6-11(8)21-5-7(12(6)24)16(26)22-9-4-10(23)14-15(27-14)13(9)25/h1-5,13-15,25H,(H,21,24)(H,22,26). The summed E-state index contributed by atoms with van der Waals surface area (Å²) in [7, 11) is 0. The summed E-state index contributed by atoms with van der Waals surface area (Å²) in [5, 5.41) is 11.9. The van der Waals surface area contributed by atoms with Crippen LogP contribution in [0.3, 0.4) is 0 Å². The summed E-state index contributed by atoms with van der Waals surface area (Å²) in [4.78, 5) is 38.8. The summed E-state index contributed by atoms with van der Waals surface area (Å²) >= 11 is 0. The summed E-state index contributed by atoms with van der Waals surface area (Å²) in [6, 6.07) is 3.05. The topological polar surface area (TPSA) is 112 Å². The van der Waals surface area contributed by atoms with Crippen LogP contribution in [-0.4, -0.2) is 40.1 Å². The molecule has 1 aliphatic heterocycles. The molecule has 1 amide bonds. The van der Waals surface area contributed by atoms with E-state index in [0.717, 1.165) is 24.4 Å². The molecule has 0 bridgehead atoms. The molecule has 3 N–H and O–H groups in total. The number of epoxide rings is 1. The van der Waals surface area contributed by atoms with Crippen LogP contribution in [0.5, 0.6) is 0 Å². The van der Waals surface area contributed by atoms with Crippen LogP contribution in [0.15, 0.2) is 41.0 Å². The van der Waals surface area contributed by atoms with E-state index >= 15 is 0 Å². The summed E-state index contributed by atoms with van der Waals surface area (Å²) in [5.74, 6) is -1.39. The zero-order valence-corrected chi connectivity index (χ0v) is 13.3. The van der Waals surface area contributed by atoms with E-state index in [1.54, 1.807) is 0 Å². The van der Waals surface area contributed by atoms with E-state index in [2.05, 4.69) is 10.3 Å². The second-order valence-electron chi connectivity index (χ2n) is 6.18. The molecule has 1 aromatic heterocycles. The van der Waals surface area contributed by atoms with E-state index in [-0.39, 0.29) is 11.1 Å². The van der Waals surface area contributed by atoms with Crippen molar-refractivity contribution in [3.8, 4) is 0 Å². The normalized spacial score (nSPS) is 24.4. The summed E-state index contributed by atoms with van der Waals surface area (Å²) < 4.78 is 44.1. The van der Waals surface area contributed by atoms with Crippen LogP contribution in [-0.2, 0) is 15.7 Å². The molecular formula is C17H11F3N2O5. The van der Waals surface area contributed by atoms with Crippen LogP contribution >= 0.6 is 0 Å². The monoisotopic (exact) mass is 380 g/mol. The maximum Gasteiger partial charge on any atom is 0.418 e. The van der Waals surface area contributed by atoms with E-state index in [4.69, 9.17) is 4.74 Å². The lowest BCUT2D eigenvalue weighted by molar-refractivity contribution is -0.136. The molecule has 0 saturated carbocycles. The molecule has 0 radical (unpaired) electrons. The zero-order valence-electron chi connectivity index (χ0n) is 13.3. The summed E-state index contributed by atoms with van der Waals surface area (Å²) in [6.45, 7) is 0. The molecule has 2 heterocycles. The van der Waals surface area contributed by atoms with Gasteiger partial charge in [-0.3, -0.25) is 14.4 Å². The molecule has 3 unspecified atom stereocenters. The highest BCUT2D eigenvalue weighted by Crippen LogP contribution is 2.34. The van der Waals surface area contributed by atoms with Gasteiger partial charge in [-0.1, -0.05) is 6.07 Å². The number of hydrogen-bond acceptors (Lipinski definition) is 5. The summed E-state index contributed by atoms with van der Waals surface area (Å²) in [5.41, 5.74) is -2.97. The molecule has 1 aliphatic carbocycles. The number of pyridine rings is 1. The zero-order chi connectivity index (χ0) is 19.5. The van der Waals surface area contributed by atoms with Crippen molar-refractivity contribution in [1.29, 1.82) is 0 Å². The number of aromatic amines is 1. The highest BCUT2D eigenvalue weighted by Gasteiger charge is 2.53. The molecule has 7 nitrogen and oxygen atoms in total. The first-order chi connectivity index (χ1) is 12.7. The van der Waals surface area contributed by atoms with E-state index in [1.165, 1.54) is 6.07 Å². The van der Waals surface area contributed by atoms with Crippen molar-refractivity contribution in [3.63, 3.8) is 0 Å². The van der Waals surface area contributed by atoms with Crippen molar-refractivity contribution >= 4 is 22.6 Å². The van der Waals surface area contributed by atoms with Crippen LogP contribution in [0.2, 0.25) is 0 Å². The Hall–Kier alpha value is -2.98. The third kappa shape index (κ3) is 2.82. The molecule has 2 aliphatic rings. The fraction of sp³-hybridized carbons (Fsp3) is 0.235. The lowest BCUT2D eigenvalue weighted by atomic mass is 10.0. The Morgan fingerprint density at radius 2 is 2.00 bits per heavy atom. The highest BCUT2D eigenvalue weighted by molar-refractivity contribution is 6.01. The second kappa shape index (κ2) is 5.76. The number of amides is 1. The number of halogens is 3. The van der Waals surface area contributed by atoms with Gasteiger partial charge in [0.15, 0.2) is 5.78 Å². The molecule has 2 aromatic rings. The van der Waals surface area contributed by atoms with Gasteiger partial charge in [-0.2, -0.15) is 13.2 Å². The molecule has 140 valence electrons. The fourth-order valence-corrected chi connectivity index (χ4v) is 3.06. The Morgan fingerprint density at radius 3 is 2.70 bits per heavy atom. The first-order valence-corrected chi connectivity index (χ1v) is 7.80. The van der Waals surface area contributed by atoms with Crippen molar-refractivity contribution in [2.75, 3.05) is 0 Å². The van der Waals surface area contributed by atoms with Gasteiger partial charge < -0.3 is 20.1 Å². The Bertz CT molecular complexity index is 1070. The van der Waals surface area contributed by atoms with E-state index in [1.807, 2.05) is 0 Å². The van der Waals surface area contributed by atoms with Crippen LogP contribution in [0.25, 0.3) is 10.9 Å². The number of ketones is 1. The van der Waals surface area contributed by atoms with E-state index < -0.39 is 58.3 Å². The van der Waals surface area contributed by atoms with Crippen molar-refractivity contribution in [2.24, 2.45) is 0 Å².